The Balaban J connectivity index is 1.49. The van der Waals surface area contributed by atoms with E-state index in [9.17, 15) is 9.59 Å². The summed E-state index contributed by atoms with van der Waals surface area (Å²) in [5, 5.41) is 4.83. The molecule has 0 atom stereocenters. The van der Waals surface area contributed by atoms with Crippen molar-refractivity contribution in [2.45, 2.75) is 31.6 Å². The van der Waals surface area contributed by atoms with E-state index in [-0.39, 0.29) is 0 Å². The summed E-state index contributed by atoms with van der Waals surface area (Å²) in [5.41, 5.74) is 0.661. The molecule has 0 unspecified atom stereocenters. The second kappa shape index (κ2) is 8.73. The van der Waals surface area contributed by atoms with Crippen LogP contribution in [0.1, 0.15) is 37.0 Å². The number of likely N-dealkylation sites (N-methyl/N-ethyl adjacent to an activating group) is 1. The molecule has 0 bridgehead atoms. The molecule has 4 rings (SSSR count). The zero-order valence-corrected chi connectivity index (χ0v) is 17.7. The van der Waals surface area contributed by atoms with E-state index in [1.54, 1.807) is 9.80 Å². The fraction of sp³-hybridized carbons (Fsp3) is 0.524. The van der Waals surface area contributed by atoms with Crippen molar-refractivity contribution in [3.8, 4) is 0 Å². The summed E-state index contributed by atoms with van der Waals surface area (Å²) in [6, 6.07) is 7.72. The second-order valence-corrected chi connectivity index (χ2v) is 8.08. The molecule has 0 radical (unpaired) electrons. The number of piperazine rings is 1. The highest BCUT2D eigenvalue weighted by molar-refractivity contribution is 6.35. The minimum Gasteiger partial charge on any atom is -0.381 e. The molecular weight excluding hydrogens is 408 g/mol. The molecule has 2 amide bonds. The lowest BCUT2D eigenvalue weighted by Gasteiger charge is -2.34. The van der Waals surface area contributed by atoms with Crippen molar-refractivity contribution in [3.63, 3.8) is 0 Å². The van der Waals surface area contributed by atoms with Gasteiger partial charge in [0.25, 0.3) is 0 Å². The molecule has 2 aliphatic heterocycles. The van der Waals surface area contributed by atoms with Gasteiger partial charge < -0.3 is 19.1 Å². The molecule has 8 nitrogen and oxygen atoms in total. The zero-order valence-electron chi connectivity index (χ0n) is 17.0. The highest BCUT2D eigenvalue weighted by Crippen LogP contribution is 2.40. The summed E-state index contributed by atoms with van der Waals surface area (Å²) in [5.74, 6) is 0.180. The minimum absolute atomic E-state index is 0.387. The molecule has 1 aromatic heterocycles. The van der Waals surface area contributed by atoms with Gasteiger partial charge in [-0.15, -0.1) is 0 Å². The average molecular weight is 433 g/mol. The maximum atomic E-state index is 12.3. The van der Waals surface area contributed by atoms with E-state index >= 15 is 0 Å². The van der Waals surface area contributed by atoms with Crippen LogP contribution in [-0.2, 0) is 26.2 Å². The number of hydrogen-bond donors (Lipinski definition) is 0. The summed E-state index contributed by atoms with van der Waals surface area (Å²) in [7, 11) is 0. The van der Waals surface area contributed by atoms with Crippen LogP contribution in [0.25, 0.3) is 0 Å². The summed E-state index contributed by atoms with van der Waals surface area (Å²) in [6.07, 6.45) is 1.91. The van der Waals surface area contributed by atoms with Gasteiger partial charge >= 0.3 is 11.8 Å². The molecule has 2 fully saturated rings. The third-order valence-corrected chi connectivity index (χ3v) is 6.26. The van der Waals surface area contributed by atoms with Crippen LogP contribution in [0, 0.1) is 0 Å². The Labute approximate surface area is 180 Å². The van der Waals surface area contributed by atoms with Crippen LogP contribution in [0.2, 0.25) is 5.02 Å². The van der Waals surface area contributed by atoms with Crippen LogP contribution in [0.5, 0.6) is 0 Å². The SMILES string of the molecule is CCN1CCN(CCc2noc(C3(c4ccc(Cl)cc4)CCOCC3)n2)C(=O)C1=O. The first-order chi connectivity index (χ1) is 14.5. The number of aromatic nitrogens is 2. The van der Waals surface area contributed by atoms with Crippen molar-refractivity contribution in [3.05, 3.63) is 46.6 Å². The minimum atomic E-state index is -0.464. The lowest BCUT2D eigenvalue weighted by Crippen LogP contribution is -2.54. The van der Waals surface area contributed by atoms with E-state index in [4.69, 9.17) is 20.9 Å². The van der Waals surface area contributed by atoms with Crippen LogP contribution in [-0.4, -0.2) is 71.1 Å². The quantitative estimate of drug-likeness (QED) is 0.649. The number of carbonyl (C=O) groups is 2. The average Bonchev–Trinajstić information content (AvgIpc) is 3.25. The Morgan fingerprint density at radius 3 is 2.43 bits per heavy atom. The highest BCUT2D eigenvalue weighted by atomic mass is 35.5. The third-order valence-electron chi connectivity index (χ3n) is 6.00. The lowest BCUT2D eigenvalue weighted by atomic mass is 9.74. The predicted octanol–water partition coefficient (Wildman–Crippen LogP) is 2.05. The number of nitrogens with zero attached hydrogens (tertiary/aromatic N) is 4. The van der Waals surface area contributed by atoms with Gasteiger partial charge in [-0.05, 0) is 37.5 Å². The molecule has 2 aliphatic rings. The summed E-state index contributed by atoms with van der Waals surface area (Å²) < 4.78 is 11.3. The zero-order chi connectivity index (χ0) is 21.1. The Kier molecular flexibility index (Phi) is 6.06. The van der Waals surface area contributed by atoms with Crippen molar-refractivity contribution in [2.24, 2.45) is 0 Å². The summed E-state index contributed by atoms with van der Waals surface area (Å²) in [4.78, 5) is 32.1. The lowest BCUT2D eigenvalue weighted by molar-refractivity contribution is -0.155. The summed E-state index contributed by atoms with van der Waals surface area (Å²) in [6.45, 7) is 5.10. The van der Waals surface area contributed by atoms with Gasteiger partial charge in [0.05, 0.1) is 5.41 Å². The van der Waals surface area contributed by atoms with Crippen LogP contribution < -0.4 is 0 Å². The Hall–Kier alpha value is -2.45. The van der Waals surface area contributed by atoms with Crippen LogP contribution in [0.4, 0.5) is 0 Å². The maximum Gasteiger partial charge on any atom is 0.312 e. The fourth-order valence-corrected chi connectivity index (χ4v) is 4.26. The number of benzene rings is 1. The number of rotatable bonds is 6. The van der Waals surface area contributed by atoms with Gasteiger partial charge in [0.1, 0.15) is 0 Å². The van der Waals surface area contributed by atoms with Gasteiger partial charge in [0, 0.05) is 50.8 Å². The van der Waals surface area contributed by atoms with E-state index in [2.05, 4.69) is 10.1 Å². The molecule has 30 heavy (non-hydrogen) atoms. The Morgan fingerprint density at radius 1 is 1.07 bits per heavy atom. The standard InChI is InChI=1S/C21H25ClN4O4/c1-2-25-11-12-26(19(28)18(25)27)10-7-17-23-20(30-24-17)21(8-13-29-14-9-21)15-3-5-16(22)6-4-15/h3-6H,2,7-14H2,1H3. The number of halogens is 1. The Morgan fingerprint density at radius 2 is 1.73 bits per heavy atom. The summed E-state index contributed by atoms with van der Waals surface area (Å²) >= 11 is 6.07. The first-order valence-electron chi connectivity index (χ1n) is 10.3. The van der Waals surface area contributed by atoms with Crippen molar-refractivity contribution in [2.75, 3.05) is 39.4 Å². The highest BCUT2D eigenvalue weighted by Gasteiger charge is 2.41. The van der Waals surface area contributed by atoms with Gasteiger partial charge in [-0.25, -0.2) is 0 Å². The van der Waals surface area contributed by atoms with Crippen LogP contribution in [0.15, 0.2) is 28.8 Å². The van der Waals surface area contributed by atoms with Gasteiger partial charge in [-0.2, -0.15) is 4.98 Å². The molecule has 160 valence electrons. The first-order valence-corrected chi connectivity index (χ1v) is 10.7. The number of hydrogen-bond acceptors (Lipinski definition) is 6. The van der Waals surface area contributed by atoms with Crippen LogP contribution >= 0.6 is 11.6 Å². The molecular formula is C21H25ClN4O4. The van der Waals surface area contributed by atoms with E-state index in [0.29, 0.717) is 62.6 Å². The monoisotopic (exact) mass is 432 g/mol. The molecule has 2 saturated heterocycles. The molecule has 2 aromatic rings. The smallest absolute Gasteiger partial charge is 0.312 e. The number of amides is 2. The number of ether oxygens (including phenoxy) is 1. The van der Waals surface area contributed by atoms with Crippen molar-refractivity contribution < 1.29 is 18.8 Å². The van der Waals surface area contributed by atoms with E-state index < -0.39 is 17.2 Å². The van der Waals surface area contributed by atoms with Crippen LogP contribution in [0.3, 0.4) is 0 Å². The van der Waals surface area contributed by atoms with E-state index in [1.165, 1.54) is 0 Å². The molecule has 0 N–H and O–H groups in total. The second-order valence-electron chi connectivity index (χ2n) is 7.64. The Bertz CT molecular complexity index is 908. The van der Waals surface area contributed by atoms with Gasteiger partial charge in [-0.1, -0.05) is 28.9 Å². The van der Waals surface area contributed by atoms with Crippen molar-refractivity contribution in [1.29, 1.82) is 0 Å². The van der Waals surface area contributed by atoms with E-state index in [1.807, 2.05) is 31.2 Å². The van der Waals surface area contributed by atoms with Gasteiger partial charge in [0.15, 0.2) is 5.82 Å². The molecule has 0 aliphatic carbocycles. The molecule has 1 aromatic carbocycles. The first kappa shape index (κ1) is 20.8. The molecule has 0 saturated carbocycles. The predicted molar refractivity (Wildman–Crippen MR) is 109 cm³/mol. The fourth-order valence-electron chi connectivity index (χ4n) is 4.13. The molecule has 0 spiro atoms. The van der Waals surface area contributed by atoms with Gasteiger partial charge in [0.2, 0.25) is 5.89 Å². The van der Waals surface area contributed by atoms with E-state index in [0.717, 1.165) is 18.4 Å². The molecule has 3 heterocycles. The van der Waals surface area contributed by atoms with Crippen molar-refractivity contribution >= 4 is 23.4 Å². The van der Waals surface area contributed by atoms with Crippen molar-refractivity contribution in [1.82, 2.24) is 19.9 Å². The number of carbonyl (C=O) groups excluding carboxylic acids is 2. The maximum absolute atomic E-state index is 12.3. The molecule has 9 heteroatoms. The largest absolute Gasteiger partial charge is 0.381 e. The topological polar surface area (TPSA) is 88.8 Å². The third kappa shape index (κ3) is 3.94. The normalized spacial score (nSPS) is 19.4. The van der Waals surface area contributed by atoms with Gasteiger partial charge in [-0.3, -0.25) is 9.59 Å².